The summed E-state index contributed by atoms with van der Waals surface area (Å²) < 4.78 is 0.942. The van der Waals surface area contributed by atoms with E-state index in [1.54, 1.807) is 31.0 Å². The molecular weight excluding hydrogens is 348 g/mol. The van der Waals surface area contributed by atoms with Crippen LogP contribution >= 0.6 is 28.3 Å². The van der Waals surface area contributed by atoms with Gasteiger partial charge >= 0.3 is 5.97 Å². The van der Waals surface area contributed by atoms with E-state index >= 15 is 0 Å². The number of carbonyl (C=O) groups excluding carboxylic acids is 1. The van der Waals surface area contributed by atoms with Crippen LogP contribution in [-0.2, 0) is 9.59 Å². The molecule has 1 rings (SSSR count). The first-order chi connectivity index (χ1) is 8.90. The number of halogens is 2. The molecule has 5 nitrogen and oxygen atoms in total. The molecule has 0 aliphatic heterocycles. The average molecular weight is 366 g/mol. The van der Waals surface area contributed by atoms with Crippen LogP contribution in [0.25, 0.3) is 0 Å². The number of carbonyl (C=O) groups is 2. The van der Waals surface area contributed by atoms with Crippen LogP contribution in [0.3, 0.4) is 0 Å². The van der Waals surface area contributed by atoms with Crippen molar-refractivity contribution in [3.63, 3.8) is 0 Å². The summed E-state index contributed by atoms with van der Waals surface area (Å²) in [6, 6.07) is 6.89. The van der Waals surface area contributed by atoms with E-state index in [1.807, 2.05) is 12.1 Å². The number of nitrogens with one attached hydrogen (secondary N) is 1. The van der Waals surface area contributed by atoms with Crippen LogP contribution in [0.4, 0.5) is 5.69 Å². The van der Waals surface area contributed by atoms with Crippen molar-refractivity contribution >= 4 is 45.9 Å². The van der Waals surface area contributed by atoms with Gasteiger partial charge in [0.05, 0.1) is 12.5 Å². The second kappa shape index (κ2) is 8.94. The summed E-state index contributed by atoms with van der Waals surface area (Å²) in [5.41, 5.74) is 0.715. The van der Waals surface area contributed by atoms with E-state index in [0.717, 1.165) is 4.47 Å². The van der Waals surface area contributed by atoms with Crippen molar-refractivity contribution in [2.45, 2.75) is 19.4 Å². The second-order valence-corrected chi connectivity index (χ2v) is 5.21. The molecule has 1 amide bonds. The summed E-state index contributed by atoms with van der Waals surface area (Å²) in [6.07, 6.45) is 0.0202. The predicted molar refractivity (Wildman–Crippen MR) is 84.4 cm³/mol. The molecule has 1 unspecified atom stereocenters. The summed E-state index contributed by atoms with van der Waals surface area (Å²) in [6.45, 7) is 2.08. The SMILES string of the molecule is CC(C(=O)Nc1ccc(Br)cc1)N(C)CCC(=O)O.Cl. The van der Waals surface area contributed by atoms with E-state index in [9.17, 15) is 9.59 Å². The second-order valence-electron chi connectivity index (χ2n) is 4.30. The van der Waals surface area contributed by atoms with Gasteiger partial charge < -0.3 is 10.4 Å². The number of carboxylic acids is 1. The Kier molecular flexibility index (Phi) is 8.45. The number of hydrogen-bond acceptors (Lipinski definition) is 3. The lowest BCUT2D eigenvalue weighted by Gasteiger charge is -2.23. The molecule has 1 aromatic rings. The highest BCUT2D eigenvalue weighted by atomic mass is 79.9. The molecule has 20 heavy (non-hydrogen) atoms. The molecule has 1 atom stereocenters. The van der Waals surface area contributed by atoms with E-state index in [0.29, 0.717) is 12.2 Å². The van der Waals surface area contributed by atoms with Crippen molar-refractivity contribution in [2.75, 3.05) is 18.9 Å². The summed E-state index contributed by atoms with van der Waals surface area (Å²) in [5.74, 6) is -1.03. The number of amides is 1. The van der Waals surface area contributed by atoms with Gasteiger partial charge in [0, 0.05) is 16.7 Å². The van der Waals surface area contributed by atoms with Crippen LogP contribution in [0.5, 0.6) is 0 Å². The van der Waals surface area contributed by atoms with Crippen molar-refractivity contribution < 1.29 is 14.7 Å². The number of anilines is 1. The van der Waals surface area contributed by atoms with Crippen molar-refractivity contribution in [3.8, 4) is 0 Å². The minimum absolute atomic E-state index is 0. The topological polar surface area (TPSA) is 69.6 Å². The Morgan fingerprint density at radius 3 is 2.40 bits per heavy atom. The van der Waals surface area contributed by atoms with Crippen LogP contribution in [0, 0.1) is 0 Å². The molecule has 0 spiro atoms. The molecular formula is C13H18BrClN2O3. The molecule has 0 saturated heterocycles. The molecule has 1 aromatic carbocycles. The van der Waals surface area contributed by atoms with Gasteiger partial charge in [0.1, 0.15) is 0 Å². The first kappa shape index (κ1) is 18.9. The van der Waals surface area contributed by atoms with Gasteiger partial charge in [-0.15, -0.1) is 12.4 Å². The zero-order valence-corrected chi connectivity index (χ0v) is 13.7. The van der Waals surface area contributed by atoms with Gasteiger partial charge in [-0.05, 0) is 38.2 Å². The highest BCUT2D eigenvalue weighted by molar-refractivity contribution is 9.10. The highest BCUT2D eigenvalue weighted by Crippen LogP contribution is 2.14. The normalized spacial score (nSPS) is 11.6. The maximum atomic E-state index is 12.0. The van der Waals surface area contributed by atoms with E-state index in [4.69, 9.17) is 5.11 Å². The number of rotatable bonds is 6. The number of benzene rings is 1. The van der Waals surface area contributed by atoms with Gasteiger partial charge in [-0.25, -0.2) is 0 Å². The summed E-state index contributed by atoms with van der Waals surface area (Å²) in [7, 11) is 1.73. The minimum atomic E-state index is -0.868. The molecule has 0 fully saturated rings. The first-order valence-corrected chi connectivity index (χ1v) is 6.68. The van der Waals surface area contributed by atoms with Crippen LogP contribution in [0.2, 0.25) is 0 Å². The van der Waals surface area contributed by atoms with Crippen LogP contribution < -0.4 is 5.32 Å². The van der Waals surface area contributed by atoms with Gasteiger partial charge in [0.15, 0.2) is 0 Å². The number of aliphatic carboxylic acids is 1. The van der Waals surface area contributed by atoms with E-state index in [1.165, 1.54) is 0 Å². The Morgan fingerprint density at radius 1 is 1.35 bits per heavy atom. The molecule has 0 aliphatic carbocycles. The number of likely N-dealkylation sites (N-methyl/N-ethyl adjacent to an activating group) is 1. The predicted octanol–water partition coefficient (Wildman–Crippen LogP) is 2.60. The average Bonchev–Trinajstić information content (AvgIpc) is 2.37. The van der Waals surface area contributed by atoms with E-state index in [2.05, 4.69) is 21.2 Å². The quantitative estimate of drug-likeness (QED) is 0.813. The van der Waals surface area contributed by atoms with Crippen LogP contribution in [0.1, 0.15) is 13.3 Å². The molecule has 0 aromatic heterocycles. The van der Waals surface area contributed by atoms with Gasteiger partial charge in [-0.1, -0.05) is 15.9 Å². The van der Waals surface area contributed by atoms with Crippen LogP contribution in [-0.4, -0.2) is 41.5 Å². The lowest BCUT2D eigenvalue weighted by atomic mass is 10.2. The summed E-state index contributed by atoms with van der Waals surface area (Å²) in [4.78, 5) is 24.2. The van der Waals surface area contributed by atoms with Crippen LogP contribution in [0.15, 0.2) is 28.7 Å². The van der Waals surface area contributed by atoms with Crippen molar-refractivity contribution in [2.24, 2.45) is 0 Å². The Morgan fingerprint density at radius 2 is 1.90 bits per heavy atom. The third kappa shape index (κ3) is 6.36. The molecule has 0 radical (unpaired) electrons. The Balaban J connectivity index is 0.00000361. The largest absolute Gasteiger partial charge is 0.481 e. The van der Waals surface area contributed by atoms with E-state index in [-0.39, 0.29) is 30.8 Å². The van der Waals surface area contributed by atoms with Crippen molar-refractivity contribution in [1.82, 2.24) is 4.90 Å². The molecule has 0 saturated carbocycles. The van der Waals surface area contributed by atoms with Crippen molar-refractivity contribution in [1.29, 1.82) is 0 Å². The zero-order valence-electron chi connectivity index (χ0n) is 11.3. The molecule has 0 aliphatic rings. The highest BCUT2D eigenvalue weighted by Gasteiger charge is 2.18. The standard InChI is InChI=1S/C13H17BrN2O3.ClH/c1-9(16(2)8-7-12(17)18)13(19)15-11-5-3-10(14)4-6-11;/h3-6,9H,7-8H2,1-2H3,(H,15,19)(H,17,18);1H. The fourth-order valence-electron chi connectivity index (χ4n) is 1.45. The monoisotopic (exact) mass is 364 g/mol. The van der Waals surface area contributed by atoms with Gasteiger partial charge in [-0.2, -0.15) is 0 Å². The maximum Gasteiger partial charge on any atom is 0.304 e. The number of carboxylic acid groups (broad SMARTS) is 1. The third-order valence-corrected chi connectivity index (χ3v) is 3.36. The fraction of sp³-hybridized carbons (Fsp3) is 0.385. The number of nitrogens with zero attached hydrogens (tertiary/aromatic N) is 1. The minimum Gasteiger partial charge on any atom is -0.481 e. The van der Waals surface area contributed by atoms with Gasteiger partial charge in [-0.3, -0.25) is 14.5 Å². The molecule has 7 heteroatoms. The number of hydrogen-bond donors (Lipinski definition) is 2. The molecule has 2 N–H and O–H groups in total. The third-order valence-electron chi connectivity index (χ3n) is 2.83. The lowest BCUT2D eigenvalue weighted by Crippen LogP contribution is -2.40. The molecule has 0 bridgehead atoms. The zero-order chi connectivity index (χ0) is 14.4. The Bertz CT molecular complexity index is 453. The first-order valence-electron chi connectivity index (χ1n) is 5.88. The smallest absolute Gasteiger partial charge is 0.304 e. The van der Waals surface area contributed by atoms with E-state index < -0.39 is 5.97 Å². The lowest BCUT2D eigenvalue weighted by molar-refractivity contribution is -0.137. The summed E-state index contributed by atoms with van der Waals surface area (Å²) in [5, 5.41) is 11.4. The molecule has 0 heterocycles. The Hall–Kier alpha value is -1.11. The fourth-order valence-corrected chi connectivity index (χ4v) is 1.71. The maximum absolute atomic E-state index is 12.0. The van der Waals surface area contributed by atoms with Gasteiger partial charge in [0.25, 0.3) is 0 Å². The molecule has 112 valence electrons. The Labute approximate surface area is 132 Å². The van der Waals surface area contributed by atoms with Gasteiger partial charge in [0.2, 0.25) is 5.91 Å². The summed E-state index contributed by atoms with van der Waals surface area (Å²) >= 11 is 3.32. The van der Waals surface area contributed by atoms with Crippen molar-refractivity contribution in [3.05, 3.63) is 28.7 Å².